The predicted octanol–water partition coefficient (Wildman–Crippen LogP) is 3.72. The Morgan fingerprint density at radius 1 is 1.55 bits per heavy atom. The van der Waals surface area contributed by atoms with Gasteiger partial charge in [0.25, 0.3) is 5.91 Å². The van der Waals surface area contributed by atoms with Crippen LogP contribution in [0.1, 0.15) is 28.7 Å². The lowest BCUT2D eigenvalue weighted by Gasteiger charge is -2.08. The van der Waals surface area contributed by atoms with Crippen molar-refractivity contribution in [3.63, 3.8) is 0 Å². The highest BCUT2D eigenvalue weighted by Crippen LogP contribution is 2.32. The van der Waals surface area contributed by atoms with E-state index >= 15 is 0 Å². The molecule has 0 fully saturated rings. The molecule has 0 atom stereocenters. The quantitative estimate of drug-likeness (QED) is 0.864. The monoisotopic (exact) mass is 296 g/mol. The fourth-order valence-corrected chi connectivity index (χ4v) is 2.21. The molecular formula is C14H11ClF2N2O. The first-order chi connectivity index (χ1) is 9.49. The third-order valence-corrected chi connectivity index (χ3v) is 3.15. The molecule has 0 radical (unpaired) electrons. The number of amides is 1. The summed E-state index contributed by atoms with van der Waals surface area (Å²) in [5, 5.41) is 2.66. The van der Waals surface area contributed by atoms with Crippen LogP contribution in [0.3, 0.4) is 0 Å². The highest BCUT2D eigenvalue weighted by Gasteiger charge is 2.26. The van der Waals surface area contributed by atoms with Crippen molar-refractivity contribution >= 4 is 23.1 Å². The normalized spacial score (nSPS) is 15.6. The van der Waals surface area contributed by atoms with Crippen LogP contribution in [0.25, 0.3) is 5.57 Å². The van der Waals surface area contributed by atoms with Gasteiger partial charge >= 0.3 is 0 Å². The van der Waals surface area contributed by atoms with E-state index in [2.05, 4.69) is 16.9 Å². The lowest BCUT2D eigenvalue weighted by Crippen LogP contribution is -2.12. The van der Waals surface area contributed by atoms with E-state index in [9.17, 15) is 13.6 Å². The minimum Gasteiger partial charge on any atom is -0.346 e. The maximum atomic E-state index is 13.8. The second kappa shape index (κ2) is 5.54. The Morgan fingerprint density at radius 3 is 2.85 bits per heavy atom. The summed E-state index contributed by atoms with van der Waals surface area (Å²) in [5.74, 6) is -1.96. The summed E-state index contributed by atoms with van der Waals surface area (Å²) in [7, 11) is 0. The number of carbonyl (C=O) groups is 1. The van der Waals surface area contributed by atoms with Crippen LogP contribution in [0.5, 0.6) is 0 Å². The van der Waals surface area contributed by atoms with Crippen molar-refractivity contribution < 1.29 is 13.6 Å². The fourth-order valence-electron chi connectivity index (χ4n) is 1.92. The van der Waals surface area contributed by atoms with Gasteiger partial charge in [0.1, 0.15) is 11.7 Å². The SMILES string of the molecule is C=C/C(F)=C(\C(F)=C/C)c1cc(Cl)c2c(n1)CNC2=O. The van der Waals surface area contributed by atoms with E-state index in [1.165, 1.54) is 13.0 Å². The van der Waals surface area contributed by atoms with Crippen LogP contribution < -0.4 is 5.32 Å². The summed E-state index contributed by atoms with van der Waals surface area (Å²) < 4.78 is 27.6. The minimum atomic E-state index is -0.846. The van der Waals surface area contributed by atoms with Gasteiger partial charge in [-0.3, -0.25) is 4.79 Å². The lowest BCUT2D eigenvalue weighted by atomic mass is 10.1. The highest BCUT2D eigenvalue weighted by molar-refractivity contribution is 6.34. The summed E-state index contributed by atoms with van der Waals surface area (Å²) in [4.78, 5) is 15.6. The Kier molecular flexibility index (Phi) is 3.99. The summed E-state index contributed by atoms with van der Waals surface area (Å²) in [6.07, 6.45) is 2.01. The van der Waals surface area contributed by atoms with Gasteiger partial charge in [0.05, 0.1) is 34.1 Å². The van der Waals surface area contributed by atoms with Crippen molar-refractivity contribution in [3.05, 3.63) is 58.4 Å². The van der Waals surface area contributed by atoms with E-state index in [0.717, 1.165) is 12.2 Å². The summed E-state index contributed by atoms with van der Waals surface area (Å²) in [6, 6.07) is 1.27. The Hall–Kier alpha value is -2.01. The summed E-state index contributed by atoms with van der Waals surface area (Å²) >= 11 is 6.00. The third kappa shape index (κ3) is 2.36. The zero-order valence-corrected chi connectivity index (χ0v) is 11.4. The number of hydrogen-bond donors (Lipinski definition) is 1. The van der Waals surface area contributed by atoms with Crippen molar-refractivity contribution in [2.24, 2.45) is 0 Å². The Balaban J connectivity index is 2.67. The zero-order valence-electron chi connectivity index (χ0n) is 10.6. The molecule has 1 aliphatic heterocycles. The molecule has 0 aliphatic carbocycles. The molecule has 6 heteroatoms. The highest BCUT2D eigenvalue weighted by atomic mass is 35.5. The lowest BCUT2D eigenvalue weighted by molar-refractivity contribution is 0.0966. The number of fused-ring (bicyclic) bond motifs is 1. The topological polar surface area (TPSA) is 42.0 Å². The number of allylic oxidation sites excluding steroid dienone is 5. The van der Waals surface area contributed by atoms with Gasteiger partial charge in [0.2, 0.25) is 0 Å². The molecular weight excluding hydrogens is 286 g/mol. The van der Waals surface area contributed by atoms with Gasteiger partial charge in [-0.15, -0.1) is 0 Å². The maximum absolute atomic E-state index is 13.8. The van der Waals surface area contributed by atoms with Crippen molar-refractivity contribution in [3.8, 4) is 0 Å². The number of aromatic nitrogens is 1. The van der Waals surface area contributed by atoms with E-state index in [1.54, 1.807) is 0 Å². The van der Waals surface area contributed by atoms with Crippen LogP contribution in [-0.4, -0.2) is 10.9 Å². The van der Waals surface area contributed by atoms with Crippen molar-refractivity contribution in [2.75, 3.05) is 0 Å². The fraction of sp³-hybridized carbons (Fsp3) is 0.143. The average Bonchev–Trinajstić information content (AvgIpc) is 2.80. The molecule has 20 heavy (non-hydrogen) atoms. The largest absolute Gasteiger partial charge is 0.346 e. The molecule has 3 nitrogen and oxygen atoms in total. The van der Waals surface area contributed by atoms with Gasteiger partial charge in [0.15, 0.2) is 0 Å². The van der Waals surface area contributed by atoms with Crippen molar-refractivity contribution in [1.29, 1.82) is 0 Å². The number of hydrogen-bond acceptors (Lipinski definition) is 2. The first-order valence-corrected chi connectivity index (χ1v) is 6.19. The van der Waals surface area contributed by atoms with Gasteiger partial charge in [-0.1, -0.05) is 24.3 Å². The van der Waals surface area contributed by atoms with Gasteiger partial charge in [0, 0.05) is 0 Å². The van der Waals surface area contributed by atoms with Crippen LogP contribution in [0.4, 0.5) is 8.78 Å². The number of pyridine rings is 1. The first-order valence-electron chi connectivity index (χ1n) is 5.82. The second-order valence-electron chi connectivity index (χ2n) is 4.06. The molecule has 1 N–H and O–H groups in total. The minimum absolute atomic E-state index is 0.0262. The molecule has 1 aliphatic rings. The number of rotatable bonds is 3. The molecule has 1 aromatic rings. The molecule has 1 amide bonds. The van der Waals surface area contributed by atoms with E-state index in [-0.39, 0.29) is 34.3 Å². The van der Waals surface area contributed by atoms with Crippen LogP contribution >= 0.6 is 11.6 Å². The molecule has 1 aromatic heterocycles. The van der Waals surface area contributed by atoms with Crippen LogP contribution in [-0.2, 0) is 6.54 Å². The van der Waals surface area contributed by atoms with E-state index in [1.807, 2.05) is 0 Å². The zero-order chi connectivity index (χ0) is 14.9. The predicted molar refractivity (Wildman–Crippen MR) is 73.5 cm³/mol. The van der Waals surface area contributed by atoms with Crippen LogP contribution in [0.2, 0.25) is 5.02 Å². The molecule has 0 bridgehead atoms. The molecule has 0 spiro atoms. The summed E-state index contributed by atoms with van der Waals surface area (Å²) in [6.45, 7) is 4.90. The van der Waals surface area contributed by atoms with Crippen LogP contribution in [0.15, 0.2) is 36.5 Å². The van der Waals surface area contributed by atoms with Crippen molar-refractivity contribution in [2.45, 2.75) is 13.5 Å². The number of nitrogens with zero attached hydrogens (tertiary/aromatic N) is 1. The Labute approximate surface area is 119 Å². The van der Waals surface area contributed by atoms with Gasteiger partial charge < -0.3 is 5.32 Å². The molecule has 104 valence electrons. The smallest absolute Gasteiger partial charge is 0.255 e. The number of halogens is 3. The molecule has 0 aromatic carbocycles. The number of carbonyl (C=O) groups excluding carboxylic acids is 1. The van der Waals surface area contributed by atoms with E-state index in [4.69, 9.17) is 11.6 Å². The van der Waals surface area contributed by atoms with E-state index in [0.29, 0.717) is 5.69 Å². The maximum Gasteiger partial charge on any atom is 0.255 e. The average molecular weight is 297 g/mol. The molecule has 0 unspecified atom stereocenters. The third-order valence-electron chi connectivity index (χ3n) is 2.86. The Bertz CT molecular complexity index is 665. The molecule has 2 heterocycles. The first kappa shape index (κ1) is 14.4. The molecule has 0 saturated carbocycles. The molecule has 2 rings (SSSR count). The standard InChI is InChI=1S/C14H11ClF2N2O/c1-3-8(16)13(9(17)4-2)10-5-7(15)12-11(19-10)6-18-14(12)20/h3-5H,1,6H2,2H3,(H,18,20)/b9-4+,13-8-. The Morgan fingerprint density at radius 2 is 2.25 bits per heavy atom. The van der Waals surface area contributed by atoms with Crippen LogP contribution in [0, 0.1) is 0 Å². The van der Waals surface area contributed by atoms with E-state index < -0.39 is 11.7 Å². The van der Waals surface area contributed by atoms with Crippen molar-refractivity contribution in [1.82, 2.24) is 10.3 Å². The molecule has 0 saturated heterocycles. The summed E-state index contributed by atoms with van der Waals surface area (Å²) in [5.41, 5.74) is 0.315. The van der Waals surface area contributed by atoms with Gasteiger partial charge in [-0.05, 0) is 19.1 Å². The van der Waals surface area contributed by atoms with Gasteiger partial charge in [-0.2, -0.15) is 0 Å². The second-order valence-corrected chi connectivity index (χ2v) is 4.46. The number of nitrogens with one attached hydrogen (secondary N) is 1. The van der Waals surface area contributed by atoms with Gasteiger partial charge in [-0.25, -0.2) is 13.8 Å².